The highest BCUT2D eigenvalue weighted by Gasteiger charge is 2.23. The average molecular weight is 369 g/mol. The molecule has 2 heterocycles. The molecule has 0 spiro atoms. The van der Waals surface area contributed by atoms with Crippen LogP contribution in [0.2, 0.25) is 0 Å². The molecule has 1 aliphatic rings. The minimum absolute atomic E-state index is 0.300. The van der Waals surface area contributed by atoms with Crippen LogP contribution in [-0.4, -0.2) is 48.7 Å². The largest absolute Gasteiger partial charge is 0.478 e. The summed E-state index contributed by atoms with van der Waals surface area (Å²) in [6.45, 7) is 3.32. The molecule has 0 atom stereocenters. The lowest BCUT2D eigenvalue weighted by molar-refractivity contribution is 0.178. The Bertz CT molecular complexity index is 814. The first-order valence-corrected chi connectivity index (χ1v) is 9.07. The molecule has 142 valence electrons. The molecule has 1 aromatic carbocycles. The lowest BCUT2D eigenvalue weighted by Gasteiger charge is -2.34. The summed E-state index contributed by atoms with van der Waals surface area (Å²) >= 11 is 0. The molecule has 0 N–H and O–H groups in total. The minimum atomic E-state index is -0.300. The van der Waals surface area contributed by atoms with E-state index in [0.717, 1.165) is 38.3 Å². The summed E-state index contributed by atoms with van der Waals surface area (Å²) < 4.78 is 19.4. The van der Waals surface area contributed by atoms with Gasteiger partial charge in [0.05, 0.1) is 18.7 Å². The van der Waals surface area contributed by atoms with E-state index in [1.807, 2.05) is 13.1 Å². The summed E-state index contributed by atoms with van der Waals surface area (Å²) in [6, 6.07) is 6.67. The number of nitriles is 1. The van der Waals surface area contributed by atoms with Gasteiger partial charge in [-0.2, -0.15) is 5.26 Å². The monoisotopic (exact) mass is 369 g/mol. The first kappa shape index (κ1) is 19.1. The number of piperidine rings is 1. The van der Waals surface area contributed by atoms with Crippen molar-refractivity contribution in [2.45, 2.75) is 19.4 Å². The number of anilines is 1. The van der Waals surface area contributed by atoms with Crippen molar-refractivity contribution >= 4 is 5.82 Å². The number of nitrogens with zero attached hydrogens (tertiary/aromatic N) is 5. The Hall–Kier alpha value is -2.72. The second-order valence-electron chi connectivity index (χ2n) is 6.91. The number of hydrogen-bond acceptors (Lipinski definition) is 6. The highest BCUT2D eigenvalue weighted by molar-refractivity contribution is 5.46. The standard InChI is InChI=1S/C20H24FN5O/c1-25(19-20(27-2)24-8-7-23-19)13-15-5-9-26(10-6-15)14-17-4-3-16(12-22)11-18(17)21/h3-4,7-8,11,15H,5-6,9-10,13-14H2,1-2H3. The zero-order valence-electron chi connectivity index (χ0n) is 15.7. The molecule has 0 bridgehead atoms. The van der Waals surface area contributed by atoms with Crippen molar-refractivity contribution in [3.05, 3.63) is 47.5 Å². The zero-order chi connectivity index (χ0) is 19.2. The number of aromatic nitrogens is 2. The first-order chi connectivity index (χ1) is 13.1. The number of halogens is 1. The topological polar surface area (TPSA) is 65.3 Å². The third kappa shape index (κ3) is 4.72. The fraction of sp³-hybridized carbons (Fsp3) is 0.450. The number of benzene rings is 1. The number of rotatable bonds is 6. The summed E-state index contributed by atoms with van der Waals surface area (Å²) in [7, 11) is 3.60. The molecule has 6 nitrogen and oxygen atoms in total. The van der Waals surface area contributed by atoms with Gasteiger partial charge in [-0.05, 0) is 44.0 Å². The van der Waals surface area contributed by atoms with Gasteiger partial charge in [0.1, 0.15) is 5.82 Å². The molecule has 1 aliphatic heterocycles. The van der Waals surface area contributed by atoms with Crippen molar-refractivity contribution in [2.75, 3.05) is 38.7 Å². The van der Waals surface area contributed by atoms with Crippen LogP contribution >= 0.6 is 0 Å². The predicted molar refractivity (Wildman–Crippen MR) is 101 cm³/mol. The molecule has 7 heteroatoms. The summed E-state index contributed by atoms with van der Waals surface area (Å²) in [6.07, 6.45) is 5.38. The fourth-order valence-corrected chi connectivity index (χ4v) is 3.51. The van der Waals surface area contributed by atoms with Gasteiger partial charge >= 0.3 is 0 Å². The Balaban J connectivity index is 1.52. The van der Waals surface area contributed by atoms with E-state index in [9.17, 15) is 4.39 Å². The van der Waals surface area contributed by atoms with Crippen LogP contribution in [0.4, 0.5) is 10.2 Å². The van der Waals surface area contributed by atoms with Gasteiger partial charge in [0.25, 0.3) is 5.88 Å². The van der Waals surface area contributed by atoms with Gasteiger partial charge in [-0.1, -0.05) is 6.07 Å². The van der Waals surface area contributed by atoms with Crippen LogP contribution in [-0.2, 0) is 6.54 Å². The van der Waals surface area contributed by atoms with Crippen LogP contribution < -0.4 is 9.64 Å². The van der Waals surface area contributed by atoms with Crippen LogP contribution in [0, 0.1) is 23.1 Å². The lowest BCUT2D eigenvalue weighted by atomic mass is 9.96. The molecule has 3 rings (SSSR count). The molecule has 2 aromatic rings. The Labute approximate surface area is 159 Å². The van der Waals surface area contributed by atoms with E-state index in [4.69, 9.17) is 10.00 Å². The molecule has 0 aliphatic carbocycles. The molecule has 0 unspecified atom stereocenters. The first-order valence-electron chi connectivity index (χ1n) is 9.07. The molecule has 1 saturated heterocycles. The summed E-state index contributed by atoms with van der Waals surface area (Å²) in [5.41, 5.74) is 1.01. The summed E-state index contributed by atoms with van der Waals surface area (Å²) in [4.78, 5) is 12.9. The van der Waals surface area contributed by atoms with Crippen LogP contribution in [0.3, 0.4) is 0 Å². The van der Waals surface area contributed by atoms with Gasteiger partial charge in [-0.3, -0.25) is 4.90 Å². The number of ether oxygens (including phenoxy) is 1. The van der Waals surface area contributed by atoms with Crippen molar-refractivity contribution in [1.29, 1.82) is 5.26 Å². The predicted octanol–water partition coefficient (Wildman–Crippen LogP) is 2.84. The van der Waals surface area contributed by atoms with Crippen molar-refractivity contribution in [1.82, 2.24) is 14.9 Å². The van der Waals surface area contributed by atoms with Gasteiger partial charge in [0.2, 0.25) is 0 Å². The van der Waals surface area contributed by atoms with Crippen molar-refractivity contribution in [3.8, 4) is 11.9 Å². The van der Waals surface area contributed by atoms with E-state index in [0.29, 0.717) is 29.5 Å². The normalized spacial score (nSPS) is 15.3. The highest BCUT2D eigenvalue weighted by Crippen LogP contribution is 2.25. The fourth-order valence-electron chi connectivity index (χ4n) is 3.51. The molecule has 0 radical (unpaired) electrons. The maximum Gasteiger partial charge on any atom is 0.257 e. The van der Waals surface area contributed by atoms with Crippen molar-refractivity contribution < 1.29 is 9.13 Å². The third-order valence-corrected chi connectivity index (χ3v) is 5.02. The summed E-state index contributed by atoms with van der Waals surface area (Å²) in [5, 5.41) is 8.84. The molecule has 27 heavy (non-hydrogen) atoms. The van der Waals surface area contributed by atoms with E-state index < -0.39 is 0 Å². The second kappa shape index (κ2) is 8.78. The smallest absolute Gasteiger partial charge is 0.257 e. The van der Waals surface area contributed by atoms with Crippen LogP contribution in [0.25, 0.3) is 0 Å². The van der Waals surface area contributed by atoms with Crippen molar-refractivity contribution in [3.63, 3.8) is 0 Å². The van der Waals surface area contributed by atoms with Crippen LogP contribution in [0.5, 0.6) is 5.88 Å². The lowest BCUT2D eigenvalue weighted by Crippen LogP contribution is -2.37. The third-order valence-electron chi connectivity index (χ3n) is 5.02. The number of likely N-dealkylation sites (tertiary alicyclic amines) is 1. The summed E-state index contributed by atoms with van der Waals surface area (Å²) in [5.74, 6) is 1.53. The number of hydrogen-bond donors (Lipinski definition) is 0. The molecule has 1 aromatic heterocycles. The van der Waals surface area contributed by atoms with Crippen molar-refractivity contribution in [2.24, 2.45) is 5.92 Å². The highest BCUT2D eigenvalue weighted by atomic mass is 19.1. The van der Waals surface area contributed by atoms with E-state index in [2.05, 4.69) is 19.8 Å². The molecule has 1 fully saturated rings. The van der Waals surface area contributed by atoms with Gasteiger partial charge < -0.3 is 9.64 Å². The molecular formula is C20H24FN5O. The van der Waals surface area contributed by atoms with E-state index >= 15 is 0 Å². The van der Waals surface area contributed by atoms with Gasteiger partial charge in [0.15, 0.2) is 5.82 Å². The van der Waals surface area contributed by atoms with Crippen LogP contribution in [0.15, 0.2) is 30.6 Å². The Morgan fingerprint density at radius 2 is 2.04 bits per heavy atom. The van der Waals surface area contributed by atoms with E-state index in [1.54, 1.807) is 31.6 Å². The molecule has 0 saturated carbocycles. The quantitative estimate of drug-likeness (QED) is 0.780. The van der Waals surface area contributed by atoms with E-state index in [-0.39, 0.29) is 5.82 Å². The Morgan fingerprint density at radius 1 is 1.30 bits per heavy atom. The maximum absolute atomic E-state index is 14.1. The minimum Gasteiger partial charge on any atom is -0.478 e. The van der Waals surface area contributed by atoms with Crippen LogP contribution in [0.1, 0.15) is 24.0 Å². The van der Waals surface area contributed by atoms with Gasteiger partial charge in [-0.15, -0.1) is 0 Å². The second-order valence-corrected chi connectivity index (χ2v) is 6.91. The zero-order valence-corrected chi connectivity index (χ0v) is 15.7. The Morgan fingerprint density at radius 3 is 2.70 bits per heavy atom. The molecular weight excluding hydrogens is 345 g/mol. The average Bonchev–Trinajstić information content (AvgIpc) is 2.70. The van der Waals surface area contributed by atoms with E-state index in [1.165, 1.54) is 6.07 Å². The number of methoxy groups -OCH3 is 1. The van der Waals surface area contributed by atoms with Gasteiger partial charge in [0, 0.05) is 38.1 Å². The van der Waals surface area contributed by atoms with Gasteiger partial charge in [-0.25, -0.2) is 14.4 Å². The molecule has 0 amide bonds. The SMILES string of the molecule is COc1nccnc1N(C)CC1CCN(Cc2ccc(C#N)cc2F)CC1. The maximum atomic E-state index is 14.1. The Kier molecular flexibility index (Phi) is 6.20.